The van der Waals surface area contributed by atoms with E-state index in [2.05, 4.69) is 24.2 Å². The van der Waals surface area contributed by atoms with Crippen LogP contribution >= 0.6 is 0 Å². The molecule has 2 heterocycles. The highest BCUT2D eigenvalue weighted by molar-refractivity contribution is 5.99. The summed E-state index contributed by atoms with van der Waals surface area (Å²) in [6.45, 7) is 4.15. The molecule has 2 fully saturated rings. The minimum atomic E-state index is -1.01. The topological polar surface area (TPSA) is 74.6 Å². The van der Waals surface area contributed by atoms with Crippen molar-refractivity contribution in [2.75, 3.05) is 20.1 Å². The Hall–Kier alpha value is -3.19. The number of aromatic nitrogens is 1. The lowest BCUT2D eigenvalue weighted by atomic mass is 9.81. The molecule has 0 radical (unpaired) electrons. The van der Waals surface area contributed by atoms with Gasteiger partial charge in [0.25, 0.3) is 0 Å². The molecule has 38 heavy (non-hydrogen) atoms. The van der Waals surface area contributed by atoms with Crippen molar-refractivity contribution in [2.45, 2.75) is 70.4 Å². The molecule has 1 amide bonds. The molecular weight excluding hydrogens is 481 g/mol. The predicted molar refractivity (Wildman–Crippen MR) is 148 cm³/mol. The van der Waals surface area contributed by atoms with Gasteiger partial charge in [-0.1, -0.05) is 37.5 Å². The fourth-order valence-corrected chi connectivity index (χ4v) is 6.60. The van der Waals surface area contributed by atoms with Crippen LogP contribution in [-0.2, 0) is 11.3 Å². The van der Waals surface area contributed by atoms with E-state index in [1.54, 1.807) is 18.2 Å². The molecule has 1 aromatic heterocycles. The van der Waals surface area contributed by atoms with Gasteiger partial charge in [-0.3, -0.25) is 4.79 Å². The maximum absolute atomic E-state index is 14.5. The third-order valence-corrected chi connectivity index (χ3v) is 8.52. The molecule has 5 rings (SSSR count). The van der Waals surface area contributed by atoms with Crippen molar-refractivity contribution in [3.05, 3.63) is 59.4 Å². The van der Waals surface area contributed by atoms with Crippen molar-refractivity contribution in [3.8, 4) is 11.3 Å². The molecule has 3 aromatic rings. The number of carboxylic acid groups (broad SMARTS) is 1. The number of fused-ring (bicyclic) bond motifs is 1. The van der Waals surface area contributed by atoms with Gasteiger partial charge in [0.2, 0.25) is 5.91 Å². The Morgan fingerprint density at radius 1 is 1.08 bits per heavy atom. The molecule has 2 aromatic carbocycles. The molecule has 0 bridgehead atoms. The van der Waals surface area contributed by atoms with E-state index in [-0.39, 0.29) is 35.8 Å². The maximum Gasteiger partial charge on any atom is 0.335 e. The highest BCUT2D eigenvalue weighted by atomic mass is 19.1. The van der Waals surface area contributed by atoms with E-state index < -0.39 is 5.97 Å². The number of hydrogen-bond acceptors (Lipinski definition) is 3. The molecular formula is C31H38FN3O3. The Kier molecular flexibility index (Phi) is 7.84. The van der Waals surface area contributed by atoms with E-state index in [4.69, 9.17) is 0 Å². The zero-order valence-corrected chi connectivity index (χ0v) is 22.4. The molecule has 1 saturated heterocycles. The summed E-state index contributed by atoms with van der Waals surface area (Å²) >= 11 is 0. The standard InChI is InChI=1S/C31H38FN3O3/c1-20(24-11-7-15-34(2)18-24)33-28(36)19-35-27-17-23(31(37)38)13-14-26(27)29(21-8-4-3-5-9-21)30(35)22-10-6-12-25(32)16-22/h6,10,12-14,16-17,20-21,24H,3-5,7-9,11,15,18-19H2,1-2H3,(H,33,36)(H,37,38). The van der Waals surface area contributed by atoms with Gasteiger partial charge in [0, 0.05) is 23.5 Å². The molecule has 202 valence electrons. The van der Waals surface area contributed by atoms with Crippen molar-refractivity contribution in [3.63, 3.8) is 0 Å². The van der Waals surface area contributed by atoms with Crippen molar-refractivity contribution in [1.29, 1.82) is 0 Å². The fraction of sp³-hybridized carbons (Fsp3) is 0.484. The number of aromatic carboxylic acids is 1. The Bertz CT molecular complexity index is 1330. The summed E-state index contributed by atoms with van der Waals surface area (Å²) in [7, 11) is 2.12. The van der Waals surface area contributed by atoms with Crippen LogP contribution in [0, 0.1) is 11.7 Å². The van der Waals surface area contributed by atoms with E-state index in [1.165, 1.54) is 18.6 Å². The second kappa shape index (κ2) is 11.3. The van der Waals surface area contributed by atoms with E-state index in [9.17, 15) is 19.1 Å². The number of carbonyl (C=O) groups excluding carboxylic acids is 1. The third kappa shape index (κ3) is 5.48. The summed E-state index contributed by atoms with van der Waals surface area (Å²) in [5.41, 5.74) is 3.54. The molecule has 2 unspecified atom stereocenters. The summed E-state index contributed by atoms with van der Waals surface area (Å²) in [5.74, 6) is -0.791. The lowest BCUT2D eigenvalue weighted by Crippen LogP contribution is -2.45. The first-order valence-corrected chi connectivity index (χ1v) is 13.9. The first kappa shape index (κ1) is 26.4. The normalized spacial score (nSPS) is 19.9. The molecule has 2 atom stereocenters. The molecule has 1 aliphatic heterocycles. The van der Waals surface area contributed by atoms with Crippen LogP contribution in [0.2, 0.25) is 0 Å². The summed E-state index contributed by atoms with van der Waals surface area (Å²) in [4.78, 5) is 27.7. The highest BCUT2D eigenvalue weighted by Crippen LogP contribution is 2.44. The van der Waals surface area contributed by atoms with Crippen molar-refractivity contribution in [2.24, 2.45) is 5.92 Å². The van der Waals surface area contributed by atoms with Gasteiger partial charge >= 0.3 is 5.97 Å². The van der Waals surface area contributed by atoms with Gasteiger partial charge in [0.15, 0.2) is 0 Å². The molecule has 1 aliphatic carbocycles. The smallest absolute Gasteiger partial charge is 0.335 e. The monoisotopic (exact) mass is 519 g/mol. The van der Waals surface area contributed by atoms with E-state index in [0.717, 1.165) is 68.3 Å². The van der Waals surface area contributed by atoms with E-state index in [0.29, 0.717) is 17.0 Å². The molecule has 7 heteroatoms. The zero-order valence-electron chi connectivity index (χ0n) is 22.4. The molecule has 1 saturated carbocycles. The predicted octanol–water partition coefficient (Wildman–Crippen LogP) is 6.04. The van der Waals surface area contributed by atoms with Crippen LogP contribution in [0.25, 0.3) is 22.2 Å². The molecule has 2 aliphatic rings. The Labute approximate surface area is 223 Å². The third-order valence-electron chi connectivity index (χ3n) is 8.52. The number of halogens is 1. The molecule has 0 spiro atoms. The Morgan fingerprint density at radius 3 is 2.58 bits per heavy atom. The van der Waals surface area contributed by atoms with Crippen molar-refractivity contribution < 1.29 is 19.1 Å². The number of carboxylic acids is 1. The number of nitrogens with one attached hydrogen (secondary N) is 1. The van der Waals surface area contributed by atoms with E-state index in [1.807, 2.05) is 16.7 Å². The first-order chi connectivity index (χ1) is 18.3. The molecule has 2 N–H and O–H groups in total. The zero-order chi connectivity index (χ0) is 26.8. The van der Waals surface area contributed by atoms with Crippen molar-refractivity contribution in [1.82, 2.24) is 14.8 Å². The van der Waals surface area contributed by atoms with Gasteiger partial charge in [-0.2, -0.15) is 0 Å². The lowest BCUT2D eigenvalue weighted by Gasteiger charge is -2.33. The van der Waals surface area contributed by atoms with Crippen LogP contribution in [0.4, 0.5) is 4.39 Å². The highest BCUT2D eigenvalue weighted by Gasteiger charge is 2.29. The number of benzene rings is 2. The first-order valence-electron chi connectivity index (χ1n) is 13.9. The van der Waals surface area contributed by atoms with Gasteiger partial charge in [-0.15, -0.1) is 0 Å². The summed E-state index contributed by atoms with van der Waals surface area (Å²) in [6.07, 6.45) is 7.71. The lowest BCUT2D eigenvalue weighted by molar-refractivity contribution is -0.122. The van der Waals surface area contributed by atoms with Gasteiger partial charge < -0.3 is 19.9 Å². The van der Waals surface area contributed by atoms with Gasteiger partial charge in [0.1, 0.15) is 12.4 Å². The number of amides is 1. The van der Waals surface area contributed by atoms with Crippen LogP contribution in [-0.4, -0.2) is 52.6 Å². The van der Waals surface area contributed by atoms with E-state index >= 15 is 0 Å². The van der Waals surface area contributed by atoms with Crippen LogP contribution in [0.15, 0.2) is 42.5 Å². The van der Waals surface area contributed by atoms with Crippen LogP contribution in [0.3, 0.4) is 0 Å². The van der Waals surface area contributed by atoms with Gasteiger partial charge in [-0.25, -0.2) is 9.18 Å². The Morgan fingerprint density at radius 2 is 1.87 bits per heavy atom. The average Bonchev–Trinajstić information content (AvgIpc) is 3.22. The maximum atomic E-state index is 14.5. The summed E-state index contributed by atoms with van der Waals surface area (Å²) < 4.78 is 16.4. The average molecular weight is 520 g/mol. The summed E-state index contributed by atoms with van der Waals surface area (Å²) in [6, 6.07) is 11.7. The summed E-state index contributed by atoms with van der Waals surface area (Å²) in [5, 5.41) is 13.9. The largest absolute Gasteiger partial charge is 0.478 e. The fourth-order valence-electron chi connectivity index (χ4n) is 6.60. The van der Waals surface area contributed by atoms with Crippen LogP contribution < -0.4 is 5.32 Å². The second-order valence-electron chi connectivity index (χ2n) is 11.3. The minimum absolute atomic E-state index is 0.0251. The van der Waals surface area contributed by atoms with Crippen LogP contribution in [0.5, 0.6) is 0 Å². The number of carbonyl (C=O) groups is 2. The minimum Gasteiger partial charge on any atom is -0.478 e. The SMILES string of the molecule is CC(NC(=O)Cn1c(-c2cccc(F)c2)c(C2CCCCC2)c2ccc(C(=O)O)cc21)C1CCCN(C)C1. The molecule has 6 nitrogen and oxygen atoms in total. The number of piperidine rings is 1. The quantitative estimate of drug-likeness (QED) is 0.399. The number of likely N-dealkylation sites (tertiary alicyclic amines) is 1. The van der Waals surface area contributed by atoms with Crippen LogP contribution in [0.1, 0.15) is 73.7 Å². The van der Waals surface area contributed by atoms with Gasteiger partial charge in [-0.05, 0) is 87.9 Å². The number of hydrogen-bond donors (Lipinski definition) is 2. The van der Waals surface area contributed by atoms with Gasteiger partial charge in [0.05, 0.1) is 16.8 Å². The number of rotatable bonds is 7. The second-order valence-corrected chi connectivity index (χ2v) is 11.3. The Balaban J connectivity index is 1.60. The van der Waals surface area contributed by atoms with Crippen molar-refractivity contribution >= 4 is 22.8 Å². The number of nitrogens with zero attached hydrogens (tertiary/aromatic N) is 2.